The van der Waals surface area contributed by atoms with Crippen molar-refractivity contribution in [3.63, 3.8) is 0 Å². The van der Waals surface area contributed by atoms with Crippen molar-refractivity contribution in [2.75, 3.05) is 13.4 Å². The average molecular weight is 408 g/mol. The SMILES string of the molecule is COc1ccc(Cl)cc1C(=O)N[C@@H]1[C@@H](c2ccc(S(C)(=O)=O)cc2)C1(C)C. The minimum atomic E-state index is -3.23. The van der Waals surface area contributed by atoms with Crippen molar-refractivity contribution in [3.8, 4) is 5.75 Å². The maximum atomic E-state index is 12.7. The summed E-state index contributed by atoms with van der Waals surface area (Å²) in [6.07, 6.45) is 1.18. The topological polar surface area (TPSA) is 72.5 Å². The summed E-state index contributed by atoms with van der Waals surface area (Å²) < 4.78 is 28.5. The van der Waals surface area contributed by atoms with Crippen LogP contribution in [0.5, 0.6) is 5.75 Å². The Morgan fingerprint density at radius 2 is 1.78 bits per heavy atom. The first kappa shape index (κ1) is 19.7. The summed E-state index contributed by atoms with van der Waals surface area (Å²) in [6.45, 7) is 4.14. The Bertz CT molecular complexity index is 984. The Balaban J connectivity index is 1.80. The number of carbonyl (C=O) groups is 1. The number of sulfone groups is 1. The number of halogens is 1. The lowest BCUT2D eigenvalue weighted by atomic mass is 10.0. The van der Waals surface area contributed by atoms with E-state index in [1.807, 2.05) is 12.1 Å². The zero-order valence-corrected chi connectivity index (χ0v) is 17.2. The van der Waals surface area contributed by atoms with Crippen LogP contribution in [0.25, 0.3) is 0 Å². The summed E-state index contributed by atoms with van der Waals surface area (Å²) in [7, 11) is -1.72. The molecule has 27 heavy (non-hydrogen) atoms. The van der Waals surface area contributed by atoms with Gasteiger partial charge in [0.25, 0.3) is 5.91 Å². The minimum Gasteiger partial charge on any atom is -0.496 e. The highest BCUT2D eigenvalue weighted by Gasteiger charge is 2.59. The van der Waals surface area contributed by atoms with Crippen molar-refractivity contribution in [1.82, 2.24) is 5.32 Å². The third-order valence-corrected chi connectivity index (χ3v) is 6.55. The fourth-order valence-electron chi connectivity index (χ4n) is 3.53. The summed E-state index contributed by atoms with van der Waals surface area (Å²) >= 11 is 6.02. The smallest absolute Gasteiger partial charge is 0.255 e. The quantitative estimate of drug-likeness (QED) is 0.820. The molecule has 5 nitrogen and oxygen atoms in total. The molecular formula is C20H22ClNO4S. The van der Waals surface area contributed by atoms with E-state index in [-0.39, 0.29) is 28.2 Å². The second-order valence-electron chi connectivity index (χ2n) is 7.44. The first-order valence-corrected chi connectivity index (χ1v) is 10.8. The molecule has 0 bridgehead atoms. The van der Waals surface area contributed by atoms with Gasteiger partial charge >= 0.3 is 0 Å². The number of hydrogen-bond donors (Lipinski definition) is 1. The second kappa shape index (κ2) is 6.84. The average Bonchev–Trinajstić information content (AvgIpc) is 3.14. The summed E-state index contributed by atoms with van der Waals surface area (Å²) in [4.78, 5) is 13.0. The third kappa shape index (κ3) is 3.82. The number of methoxy groups -OCH3 is 1. The molecule has 0 heterocycles. The van der Waals surface area contributed by atoms with Gasteiger partial charge in [-0.05, 0) is 41.3 Å². The van der Waals surface area contributed by atoms with Crippen LogP contribution in [0.3, 0.4) is 0 Å². The molecular weight excluding hydrogens is 386 g/mol. The summed E-state index contributed by atoms with van der Waals surface area (Å²) in [6, 6.07) is 11.7. The molecule has 1 aliphatic carbocycles. The first-order valence-electron chi connectivity index (χ1n) is 8.50. The zero-order chi connectivity index (χ0) is 20.0. The second-order valence-corrected chi connectivity index (χ2v) is 9.89. The Morgan fingerprint density at radius 3 is 2.33 bits per heavy atom. The maximum absolute atomic E-state index is 12.7. The van der Waals surface area contributed by atoms with Gasteiger partial charge in [-0.1, -0.05) is 37.6 Å². The van der Waals surface area contributed by atoms with Gasteiger partial charge in [0.05, 0.1) is 17.6 Å². The van der Waals surface area contributed by atoms with Crippen molar-refractivity contribution < 1.29 is 17.9 Å². The van der Waals surface area contributed by atoms with Gasteiger partial charge in [-0.3, -0.25) is 4.79 Å². The standard InChI is InChI=1S/C20H22ClNO4S/c1-20(2)17(12-5-8-14(9-6-12)27(4,24)25)18(20)22-19(23)15-11-13(21)7-10-16(15)26-3/h5-11,17-18H,1-4H3,(H,22,23)/t17-,18-/m1/s1. The van der Waals surface area contributed by atoms with Crippen LogP contribution in [-0.4, -0.2) is 33.7 Å². The molecule has 2 aromatic carbocycles. The molecule has 1 fully saturated rings. The van der Waals surface area contributed by atoms with E-state index in [1.54, 1.807) is 30.3 Å². The van der Waals surface area contributed by atoms with Crippen molar-refractivity contribution in [2.24, 2.45) is 5.41 Å². The zero-order valence-electron chi connectivity index (χ0n) is 15.6. The lowest BCUT2D eigenvalue weighted by Gasteiger charge is -2.10. The van der Waals surface area contributed by atoms with Crippen molar-refractivity contribution in [3.05, 3.63) is 58.6 Å². The van der Waals surface area contributed by atoms with Gasteiger partial charge in [0, 0.05) is 23.2 Å². The van der Waals surface area contributed by atoms with Gasteiger partial charge in [0.2, 0.25) is 0 Å². The highest BCUT2D eigenvalue weighted by atomic mass is 35.5. The molecule has 0 unspecified atom stereocenters. The Morgan fingerprint density at radius 1 is 1.15 bits per heavy atom. The molecule has 0 saturated heterocycles. The normalized spacial score (nSPS) is 20.8. The van der Waals surface area contributed by atoms with Gasteiger partial charge in [0.1, 0.15) is 5.75 Å². The summed E-state index contributed by atoms with van der Waals surface area (Å²) in [5.74, 6) is 0.312. The maximum Gasteiger partial charge on any atom is 0.255 e. The fourth-order valence-corrected chi connectivity index (χ4v) is 4.33. The molecule has 0 aliphatic heterocycles. The van der Waals surface area contributed by atoms with Gasteiger partial charge in [0.15, 0.2) is 9.84 Å². The van der Waals surface area contributed by atoms with E-state index in [9.17, 15) is 13.2 Å². The van der Waals surface area contributed by atoms with Crippen LogP contribution in [-0.2, 0) is 9.84 Å². The van der Waals surface area contributed by atoms with Crippen LogP contribution < -0.4 is 10.1 Å². The van der Waals surface area contributed by atoms with Crippen LogP contribution in [0.1, 0.15) is 35.7 Å². The van der Waals surface area contributed by atoms with Crippen molar-refractivity contribution in [1.29, 1.82) is 0 Å². The minimum absolute atomic E-state index is 0.0715. The molecule has 1 aliphatic rings. The molecule has 2 atom stereocenters. The molecule has 144 valence electrons. The summed E-state index contributed by atoms with van der Waals surface area (Å²) in [5.41, 5.74) is 1.24. The summed E-state index contributed by atoms with van der Waals surface area (Å²) in [5, 5.41) is 3.52. The number of benzene rings is 2. The van der Waals surface area contributed by atoms with Crippen LogP contribution in [0.2, 0.25) is 5.02 Å². The molecule has 1 saturated carbocycles. The fraction of sp³-hybridized carbons (Fsp3) is 0.350. The molecule has 0 radical (unpaired) electrons. The number of rotatable bonds is 5. The Labute approximate surface area is 164 Å². The van der Waals surface area contributed by atoms with Crippen LogP contribution >= 0.6 is 11.6 Å². The third-order valence-electron chi connectivity index (χ3n) is 5.19. The van der Waals surface area contributed by atoms with Gasteiger partial charge in [-0.15, -0.1) is 0 Å². The van der Waals surface area contributed by atoms with E-state index in [0.29, 0.717) is 16.3 Å². The predicted octanol–water partition coefficient (Wildman–Crippen LogP) is 3.67. The lowest BCUT2D eigenvalue weighted by Crippen LogP contribution is -2.29. The largest absolute Gasteiger partial charge is 0.496 e. The molecule has 1 amide bonds. The molecule has 2 aromatic rings. The van der Waals surface area contributed by atoms with E-state index in [1.165, 1.54) is 13.4 Å². The Kier molecular flexibility index (Phi) is 4.99. The highest BCUT2D eigenvalue weighted by Crippen LogP contribution is 2.58. The molecule has 3 rings (SSSR count). The number of amides is 1. The van der Waals surface area contributed by atoms with E-state index in [0.717, 1.165) is 5.56 Å². The number of nitrogens with one attached hydrogen (secondary N) is 1. The number of ether oxygens (including phenoxy) is 1. The van der Waals surface area contributed by atoms with Gasteiger partial charge < -0.3 is 10.1 Å². The number of carbonyl (C=O) groups excluding carboxylic acids is 1. The van der Waals surface area contributed by atoms with E-state index >= 15 is 0 Å². The molecule has 1 N–H and O–H groups in total. The first-order chi connectivity index (χ1) is 12.6. The van der Waals surface area contributed by atoms with Gasteiger partial charge in [-0.2, -0.15) is 0 Å². The Hall–Kier alpha value is -2.05. The van der Waals surface area contributed by atoms with Crippen molar-refractivity contribution >= 4 is 27.3 Å². The predicted molar refractivity (Wildman–Crippen MR) is 105 cm³/mol. The van der Waals surface area contributed by atoms with Gasteiger partial charge in [-0.25, -0.2) is 8.42 Å². The lowest BCUT2D eigenvalue weighted by molar-refractivity contribution is 0.0943. The van der Waals surface area contributed by atoms with Crippen molar-refractivity contribution in [2.45, 2.75) is 30.7 Å². The highest BCUT2D eigenvalue weighted by molar-refractivity contribution is 7.90. The number of hydrogen-bond acceptors (Lipinski definition) is 4. The molecule has 0 spiro atoms. The molecule has 7 heteroatoms. The van der Waals surface area contributed by atoms with Crippen LogP contribution in [0, 0.1) is 5.41 Å². The van der Waals surface area contributed by atoms with E-state index < -0.39 is 9.84 Å². The molecule has 0 aromatic heterocycles. The monoisotopic (exact) mass is 407 g/mol. The van der Waals surface area contributed by atoms with Crippen LogP contribution in [0.15, 0.2) is 47.4 Å². The van der Waals surface area contributed by atoms with Crippen LogP contribution in [0.4, 0.5) is 0 Å². The van der Waals surface area contributed by atoms with E-state index in [2.05, 4.69) is 19.2 Å². The van der Waals surface area contributed by atoms with E-state index in [4.69, 9.17) is 16.3 Å².